The number of hydrogen-bond acceptors (Lipinski definition) is 3. The maximum Gasteiger partial charge on any atom is 0.243 e. The Hall–Kier alpha value is -1.89. The number of carbonyl (C=O) groups excluding carboxylic acids is 1. The fraction of sp³-hybridized carbons (Fsp3) is 0.381. The fourth-order valence-corrected chi connectivity index (χ4v) is 5.03. The van der Waals surface area contributed by atoms with Gasteiger partial charge >= 0.3 is 0 Å². The summed E-state index contributed by atoms with van der Waals surface area (Å²) in [4.78, 5) is 14.5. The third-order valence-corrected chi connectivity index (χ3v) is 7.21. The monoisotopic (exact) mass is 420 g/mol. The van der Waals surface area contributed by atoms with Gasteiger partial charge in [0.15, 0.2) is 0 Å². The molecule has 1 fully saturated rings. The minimum Gasteiger partial charge on any atom is -0.340 e. The number of carbonyl (C=O) groups is 1. The Morgan fingerprint density at radius 3 is 2.25 bits per heavy atom. The van der Waals surface area contributed by atoms with Crippen molar-refractivity contribution >= 4 is 27.5 Å². The second-order valence-electron chi connectivity index (χ2n) is 6.91. The molecule has 1 amide bonds. The number of nitrogens with zero attached hydrogens (tertiary/aromatic N) is 2. The van der Waals surface area contributed by atoms with Crippen molar-refractivity contribution in [2.45, 2.75) is 31.1 Å². The van der Waals surface area contributed by atoms with E-state index < -0.39 is 10.0 Å². The van der Waals surface area contributed by atoms with Crippen LogP contribution in [0.25, 0.3) is 0 Å². The molecule has 0 aromatic heterocycles. The van der Waals surface area contributed by atoms with Crippen LogP contribution in [0.3, 0.4) is 0 Å². The maximum absolute atomic E-state index is 12.7. The Bertz CT molecular complexity index is 921. The normalized spacial score (nSPS) is 15.6. The molecule has 1 saturated heterocycles. The molecular weight excluding hydrogens is 396 g/mol. The second kappa shape index (κ2) is 9.07. The summed E-state index contributed by atoms with van der Waals surface area (Å²) >= 11 is 5.92. The number of hydrogen-bond donors (Lipinski definition) is 0. The van der Waals surface area contributed by atoms with Crippen LogP contribution >= 0.6 is 11.6 Å². The quantitative estimate of drug-likeness (QED) is 0.719. The largest absolute Gasteiger partial charge is 0.340 e. The van der Waals surface area contributed by atoms with Crippen LogP contribution in [0.5, 0.6) is 0 Å². The number of sulfonamides is 1. The molecule has 1 heterocycles. The number of rotatable bonds is 6. The molecule has 0 radical (unpaired) electrons. The highest BCUT2D eigenvalue weighted by Crippen LogP contribution is 2.21. The summed E-state index contributed by atoms with van der Waals surface area (Å²) in [5.74, 6) is 0.0689. The zero-order valence-corrected chi connectivity index (χ0v) is 17.5. The van der Waals surface area contributed by atoms with Gasteiger partial charge < -0.3 is 4.90 Å². The molecule has 28 heavy (non-hydrogen) atoms. The van der Waals surface area contributed by atoms with Crippen molar-refractivity contribution in [3.8, 4) is 0 Å². The number of amides is 1. The van der Waals surface area contributed by atoms with Crippen LogP contribution in [-0.2, 0) is 27.7 Å². The van der Waals surface area contributed by atoms with E-state index in [2.05, 4.69) is 31.2 Å². The summed E-state index contributed by atoms with van der Waals surface area (Å²) in [7, 11) is -3.58. The second-order valence-corrected chi connectivity index (χ2v) is 9.29. The summed E-state index contributed by atoms with van der Waals surface area (Å²) in [6.45, 7) is 3.53. The zero-order chi connectivity index (χ0) is 20.1. The van der Waals surface area contributed by atoms with E-state index in [-0.39, 0.29) is 10.8 Å². The summed E-state index contributed by atoms with van der Waals surface area (Å²) in [6, 6.07) is 14.6. The van der Waals surface area contributed by atoms with Gasteiger partial charge in [-0.05, 0) is 42.2 Å². The number of piperazine rings is 1. The van der Waals surface area contributed by atoms with Crippen molar-refractivity contribution in [2.75, 3.05) is 26.2 Å². The molecule has 5 nitrogen and oxygen atoms in total. The van der Waals surface area contributed by atoms with Gasteiger partial charge in [-0.2, -0.15) is 4.31 Å². The lowest BCUT2D eigenvalue weighted by Gasteiger charge is -2.34. The highest BCUT2D eigenvalue weighted by molar-refractivity contribution is 7.89. The van der Waals surface area contributed by atoms with Crippen LogP contribution in [0.2, 0.25) is 5.02 Å². The lowest BCUT2D eigenvalue weighted by atomic mass is 10.1. The fourth-order valence-electron chi connectivity index (χ4n) is 3.31. The molecule has 150 valence electrons. The van der Waals surface area contributed by atoms with E-state index in [0.29, 0.717) is 44.0 Å². The molecular formula is C21H25ClN2O3S. The standard InChI is InChI=1S/C21H25ClN2O3S/c1-2-17-6-8-18(9-7-17)10-11-21(25)23-12-14-24(15-13-23)28(26,27)20-5-3-4-19(22)16-20/h3-9,16H,2,10-15H2,1H3. The topological polar surface area (TPSA) is 57.7 Å². The average Bonchev–Trinajstić information content (AvgIpc) is 2.72. The van der Waals surface area contributed by atoms with Crippen LogP contribution in [0, 0.1) is 0 Å². The van der Waals surface area contributed by atoms with Crippen LogP contribution in [0.1, 0.15) is 24.5 Å². The van der Waals surface area contributed by atoms with Crippen LogP contribution in [0.4, 0.5) is 0 Å². The zero-order valence-electron chi connectivity index (χ0n) is 16.0. The first kappa shape index (κ1) is 20.8. The Kier molecular flexibility index (Phi) is 6.75. The van der Waals surface area contributed by atoms with Gasteiger partial charge in [-0.1, -0.05) is 48.9 Å². The third-order valence-electron chi connectivity index (χ3n) is 5.08. The lowest BCUT2D eigenvalue weighted by Crippen LogP contribution is -2.50. The Balaban J connectivity index is 1.53. The number of aryl methyl sites for hydroxylation is 2. The summed E-state index contributed by atoms with van der Waals surface area (Å²) in [5, 5.41) is 0.391. The third kappa shape index (κ3) is 4.93. The van der Waals surface area contributed by atoms with E-state index in [0.717, 1.165) is 12.0 Å². The van der Waals surface area contributed by atoms with E-state index in [9.17, 15) is 13.2 Å². The van der Waals surface area contributed by atoms with Gasteiger partial charge in [-0.3, -0.25) is 4.79 Å². The van der Waals surface area contributed by atoms with Gasteiger partial charge in [-0.15, -0.1) is 0 Å². The molecule has 0 spiro atoms. The van der Waals surface area contributed by atoms with Crippen LogP contribution in [0.15, 0.2) is 53.4 Å². The molecule has 1 aliphatic rings. The number of benzene rings is 2. The molecule has 0 atom stereocenters. The lowest BCUT2D eigenvalue weighted by molar-refractivity contribution is -0.132. The highest BCUT2D eigenvalue weighted by Gasteiger charge is 2.30. The molecule has 7 heteroatoms. The molecule has 1 aliphatic heterocycles. The summed E-state index contributed by atoms with van der Waals surface area (Å²) in [5.41, 5.74) is 2.43. The predicted molar refractivity (Wildman–Crippen MR) is 111 cm³/mol. The van der Waals surface area contributed by atoms with Crippen molar-refractivity contribution in [3.63, 3.8) is 0 Å². The van der Waals surface area contributed by atoms with E-state index in [1.807, 2.05) is 0 Å². The first-order chi connectivity index (χ1) is 13.4. The molecule has 0 unspecified atom stereocenters. The van der Waals surface area contributed by atoms with E-state index in [1.165, 1.54) is 15.9 Å². The molecule has 3 rings (SSSR count). The van der Waals surface area contributed by atoms with Crippen molar-refractivity contribution in [2.24, 2.45) is 0 Å². The average molecular weight is 421 g/mol. The molecule has 0 aliphatic carbocycles. The van der Waals surface area contributed by atoms with Crippen molar-refractivity contribution in [1.29, 1.82) is 0 Å². The van der Waals surface area contributed by atoms with Gasteiger partial charge in [0.2, 0.25) is 15.9 Å². The Labute approximate surface area is 172 Å². The van der Waals surface area contributed by atoms with E-state index in [1.54, 1.807) is 23.1 Å². The van der Waals surface area contributed by atoms with Crippen molar-refractivity contribution in [3.05, 3.63) is 64.7 Å². The number of halogens is 1. The molecule has 2 aromatic rings. The minimum absolute atomic E-state index is 0.0689. The Morgan fingerprint density at radius 2 is 1.64 bits per heavy atom. The van der Waals surface area contributed by atoms with Gasteiger partial charge in [-0.25, -0.2) is 8.42 Å². The maximum atomic E-state index is 12.7. The van der Waals surface area contributed by atoms with Crippen molar-refractivity contribution in [1.82, 2.24) is 9.21 Å². The SMILES string of the molecule is CCc1ccc(CCC(=O)N2CCN(S(=O)(=O)c3cccc(Cl)c3)CC2)cc1. The Morgan fingerprint density at radius 1 is 1.00 bits per heavy atom. The molecule has 0 N–H and O–H groups in total. The van der Waals surface area contributed by atoms with E-state index in [4.69, 9.17) is 11.6 Å². The van der Waals surface area contributed by atoms with Crippen LogP contribution in [-0.4, -0.2) is 49.7 Å². The first-order valence-electron chi connectivity index (χ1n) is 9.51. The molecule has 0 bridgehead atoms. The predicted octanol–water partition coefficient (Wildman–Crippen LogP) is 3.37. The van der Waals surface area contributed by atoms with Gasteiger partial charge in [0.05, 0.1) is 4.90 Å². The smallest absolute Gasteiger partial charge is 0.243 e. The minimum atomic E-state index is -3.58. The van der Waals surface area contributed by atoms with Gasteiger partial charge in [0.1, 0.15) is 0 Å². The van der Waals surface area contributed by atoms with E-state index >= 15 is 0 Å². The summed E-state index contributed by atoms with van der Waals surface area (Å²) in [6.07, 6.45) is 2.14. The first-order valence-corrected chi connectivity index (χ1v) is 11.3. The van der Waals surface area contributed by atoms with Gasteiger partial charge in [0.25, 0.3) is 0 Å². The summed E-state index contributed by atoms with van der Waals surface area (Å²) < 4.78 is 26.9. The van der Waals surface area contributed by atoms with Gasteiger partial charge in [0, 0.05) is 37.6 Å². The van der Waals surface area contributed by atoms with Crippen molar-refractivity contribution < 1.29 is 13.2 Å². The molecule has 2 aromatic carbocycles. The van der Waals surface area contributed by atoms with Crippen LogP contribution < -0.4 is 0 Å². The molecule has 0 saturated carbocycles. The highest BCUT2D eigenvalue weighted by atomic mass is 35.5.